The summed E-state index contributed by atoms with van der Waals surface area (Å²) in [5, 5.41) is 11.3. The van der Waals surface area contributed by atoms with Gasteiger partial charge in [-0.15, -0.1) is 10.2 Å². The molecule has 0 atom stereocenters. The minimum absolute atomic E-state index is 0.430. The van der Waals surface area contributed by atoms with Crippen LogP contribution in [0.5, 0.6) is 0 Å². The SMILES string of the molecule is Nc1ccc(-c2nnc(SCc3ccc(Cl)cc3Cl)n2C2CCCCC2)cc1. The van der Waals surface area contributed by atoms with Crippen LogP contribution in [0, 0.1) is 0 Å². The molecule has 1 aliphatic carbocycles. The van der Waals surface area contributed by atoms with E-state index in [-0.39, 0.29) is 0 Å². The fraction of sp³-hybridized carbons (Fsp3) is 0.333. The van der Waals surface area contributed by atoms with Gasteiger partial charge in [0.2, 0.25) is 0 Å². The predicted molar refractivity (Wildman–Crippen MR) is 118 cm³/mol. The lowest BCUT2D eigenvalue weighted by atomic mass is 9.95. The summed E-state index contributed by atoms with van der Waals surface area (Å²) >= 11 is 14.0. The van der Waals surface area contributed by atoms with E-state index in [0.29, 0.717) is 16.1 Å². The summed E-state index contributed by atoms with van der Waals surface area (Å²) in [6, 6.07) is 13.9. The molecule has 4 rings (SSSR count). The average molecular weight is 433 g/mol. The van der Waals surface area contributed by atoms with Gasteiger partial charge >= 0.3 is 0 Å². The minimum atomic E-state index is 0.430. The molecule has 2 N–H and O–H groups in total. The Kier molecular flexibility index (Phi) is 6.14. The minimum Gasteiger partial charge on any atom is -0.399 e. The van der Waals surface area contributed by atoms with Crippen LogP contribution in [0.1, 0.15) is 43.7 Å². The monoisotopic (exact) mass is 432 g/mol. The maximum absolute atomic E-state index is 6.35. The molecule has 3 aromatic rings. The van der Waals surface area contributed by atoms with Crippen molar-refractivity contribution in [2.45, 2.75) is 49.1 Å². The van der Waals surface area contributed by atoms with Gasteiger partial charge in [0.1, 0.15) is 0 Å². The molecule has 146 valence electrons. The van der Waals surface area contributed by atoms with Crippen molar-refractivity contribution >= 4 is 40.7 Å². The summed E-state index contributed by atoms with van der Waals surface area (Å²) in [4.78, 5) is 0. The topological polar surface area (TPSA) is 56.7 Å². The van der Waals surface area contributed by atoms with E-state index in [4.69, 9.17) is 28.9 Å². The van der Waals surface area contributed by atoms with E-state index in [2.05, 4.69) is 14.8 Å². The molecule has 0 radical (unpaired) electrons. The Morgan fingerprint density at radius 1 is 1.00 bits per heavy atom. The number of nitrogens with zero attached hydrogens (tertiary/aromatic N) is 3. The lowest BCUT2D eigenvalue weighted by Gasteiger charge is -2.25. The Hall–Kier alpha value is -1.69. The highest BCUT2D eigenvalue weighted by atomic mass is 35.5. The number of benzene rings is 2. The second kappa shape index (κ2) is 8.76. The molecule has 1 aromatic heterocycles. The average Bonchev–Trinajstić information content (AvgIpc) is 3.12. The molecule has 0 unspecified atom stereocenters. The first kappa shape index (κ1) is 19.6. The first-order valence-corrected chi connectivity index (χ1v) is 11.2. The number of halogens is 2. The van der Waals surface area contributed by atoms with E-state index < -0.39 is 0 Å². The summed E-state index contributed by atoms with van der Waals surface area (Å²) in [7, 11) is 0. The third-order valence-electron chi connectivity index (χ3n) is 5.15. The largest absolute Gasteiger partial charge is 0.399 e. The molecule has 28 heavy (non-hydrogen) atoms. The summed E-state index contributed by atoms with van der Waals surface area (Å²) < 4.78 is 2.32. The number of rotatable bonds is 5. The van der Waals surface area contributed by atoms with Gasteiger partial charge < -0.3 is 5.73 Å². The predicted octanol–water partition coefficient (Wildman–Crippen LogP) is 6.63. The van der Waals surface area contributed by atoms with Crippen LogP contribution in [-0.2, 0) is 5.75 Å². The van der Waals surface area contributed by atoms with Crippen LogP contribution in [0.4, 0.5) is 5.69 Å². The molecule has 7 heteroatoms. The first-order chi connectivity index (χ1) is 13.6. The van der Waals surface area contributed by atoms with Gasteiger partial charge in [-0.2, -0.15) is 0 Å². The van der Waals surface area contributed by atoms with Gasteiger partial charge in [0.15, 0.2) is 11.0 Å². The zero-order valence-electron chi connectivity index (χ0n) is 15.4. The maximum atomic E-state index is 6.35. The number of nitrogens with two attached hydrogens (primary N) is 1. The van der Waals surface area contributed by atoms with E-state index >= 15 is 0 Å². The van der Waals surface area contributed by atoms with E-state index in [1.165, 1.54) is 19.3 Å². The summed E-state index contributed by atoms with van der Waals surface area (Å²) in [6.45, 7) is 0. The molecular weight excluding hydrogens is 411 g/mol. The zero-order chi connectivity index (χ0) is 19.5. The van der Waals surface area contributed by atoms with Crippen LogP contribution >= 0.6 is 35.0 Å². The molecule has 0 spiro atoms. The van der Waals surface area contributed by atoms with E-state index in [9.17, 15) is 0 Å². The summed E-state index contributed by atoms with van der Waals surface area (Å²) in [6.07, 6.45) is 6.12. The van der Waals surface area contributed by atoms with Crippen molar-refractivity contribution in [2.75, 3.05) is 5.73 Å². The van der Waals surface area contributed by atoms with Crippen LogP contribution < -0.4 is 5.73 Å². The van der Waals surface area contributed by atoms with Crippen molar-refractivity contribution < 1.29 is 0 Å². The highest BCUT2D eigenvalue weighted by molar-refractivity contribution is 7.98. The van der Waals surface area contributed by atoms with Crippen molar-refractivity contribution in [1.29, 1.82) is 0 Å². The standard InChI is InChI=1S/C21H22Cl2N4S/c22-16-9-6-15(19(23)12-16)13-28-21-26-25-20(14-7-10-17(24)11-8-14)27(21)18-4-2-1-3-5-18/h6-12,18H,1-5,13,24H2. The Morgan fingerprint density at radius 3 is 2.46 bits per heavy atom. The fourth-order valence-electron chi connectivity index (χ4n) is 3.65. The number of anilines is 1. The van der Waals surface area contributed by atoms with Crippen molar-refractivity contribution in [3.8, 4) is 11.4 Å². The normalized spacial score (nSPS) is 15.1. The molecule has 4 nitrogen and oxygen atoms in total. The van der Waals surface area contributed by atoms with Gasteiger partial charge in [0.25, 0.3) is 0 Å². The lowest BCUT2D eigenvalue weighted by Crippen LogP contribution is -2.15. The van der Waals surface area contributed by atoms with Gasteiger partial charge in [0, 0.05) is 33.1 Å². The highest BCUT2D eigenvalue weighted by Crippen LogP contribution is 2.37. The smallest absolute Gasteiger partial charge is 0.192 e. The van der Waals surface area contributed by atoms with Gasteiger partial charge in [-0.25, -0.2) is 0 Å². The quantitative estimate of drug-likeness (QED) is 0.362. The summed E-state index contributed by atoms with van der Waals surface area (Å²) in [5.41, 5.74) is 8.70. The number of hydrogen-bond donors (Lipinski definition) is 1. The number of hydrogen-bond acceptors (Lipinski definition) is 4. The molecule has 1 fully saturated rings. The van der Waals surface area contributed by atoms with Gasteiger partial charge in [-0.05, 0) is 54.8 Å². The Morgan fingerprint density at radius 2 is 1.75 bits per heavy atom. The molecule has 1 heterocycles. The van der Waals surface area contributed by atoms with Gasteiger partial charge in [-0.3, -0.25) is 4.57 Å². The Balaban J connectivity index is 1.65. The molecule has 0 amide bonds. The van der Waals surface area contributed by atoms with Crippen LogP contribution in [0.25, 0.3) is 11.4 Å². The maximum Gasteiger partial charge on any atom is 0.192 e. The van der Waals surface area contributed by atoms with Gasteiger partial charge in [0.05, 0.1) is 0 Å². The number of thioether (sulfide) groups is 1. The molecule has 0 bridgehead atoms. The molecule has 1 saturated carbocycles. The fourth-order valence-corrected chi connectivity index (χ4v) is 5.22. The van der Waals surface area contributed by atoms with Crippen LogP contribution in [0.15, 0.2) is 47.6 Å². The Bertz CT molecular complexity index is 950. The highest BCUT2D eigenvalue weighted by Gasteiger charge is 2.24. The zero-order valence-corrected chi connectivity index (χ0v) is 17.8. The molecule has 0 aliphatic heterocycles. The van der Waals surface area contributed by atoms with Gasteiger partial charge in [-0.1, -0.05) is 60.3 Å². The van der Waals surface area contributed by atoms with E-state index in [1.54, 1.807) is 17.8 Å². The second-order valence-electron chi connectivity index (χ2n) is 7.11. The van der Waals surface area contributed by atoms with Crippen molar-refractivity contribution in [3.63, 3.8) is 0 Å². The van der Waals surface area contributed by atoms with Crippen LogP contribution in [0.3, 0.4) is 0 Å². The van der Waals surface area contributed by atoms with Crippen molar-refractivity contribution in [1.82, 2.24) is 14.8 Å². The Labute approximate surface area is 179 Å². The molecule has 1 aliphatic rings. The third kappa shape index (κ3) is 4.32. The van der Waals surface area contributed by atoms with Crippen LogP contribution in [-0.4, -0.2) is 14.8 Å². The third-order valence-corrected chi connectivity index (χ3v) is 6.72. The summed E-state index contributed by atoms with van der Waals surface area (Å²) in [5.74, 6) is 1.64. The lowest BCUT2D eigenvalue weighted by molar-refractivity contribution is 0.339. The molecule has 2 aromatic carbocycles. The van der Waals surface area contributed by atoms with E-state index in [1.807, 2.05) is 36.4 Å². The van der Waals surface area contributed by atoms with E-state index in [0.717, 1.165) is 46.4 Å². The van der Waals surface area contributed by atoms with Crippen molar-refractivity contribution in [3.05, 3.63) is 58.1 Å². The first-order valence-electron chi connectivity index (χ1n) is 9.49. The van der Waals surface area contributed by atoms with Crippen LogP contribution in [0.2, 0.25) is 10.0 Å². The van der Waals surface area contributed by atoms with Crippen molar-refractivity contribution in [2.24, 2.45) is 0 Å². The number of aromatic nitrogens is 3. The molecular formula is C21H22Cl2N4S. The number of nitrogen functional groups attached to an aromatic ring is 1. The second-order valence-corrected chi connectivity index (χ2v) is 8.90. The molecule has 0 saturated heterocycles.